The molecule has 2 aliphatic rings. The van der Waals surface area contributed by atoms with Gasteiger partial charge in [-0.1, -0.05) is 0 Å². The van der Waals surface area contributed by atoms with E-state index in [1.807, 2.05) is 0 Å². The maximum absolute atomic E-state index is 11.1. The molecule has 0 amide bonds. The maximum atomic E-state index is 11.1. The number of rotatable bonds is 1. The Bertz CT molecular complexity index is 215. The molecule has 2 heterocycles. The van der Waals surface area contributed by atoms with Crippen LogP contribution in [0.1, 0.15) is 13.8 Å². The van der Waals surface area contributed by atoms with E-state index in [1.165, 1.54) is 6.92 Å². The molecule has 0 saturated carbocycles. The Balaban J connectivity index is 2.20. The molecule has 0 aromatic carbocycles. The molecule has 2 aliphatic heterocycles. The van der Waals surface area contributed by atoms with Gasteiger partial charge in [-0.05, 0) is 13.8 Å². The van der Waals surface area contributed by atoms with Crippen LogP contribution in [0.5, 0.6) is 0 Å². The summed E-state index contributed by atoms with van der Waals surface area (Å²) in [5, 5.41) is 0. The molecule has 68 valence electrons. The number of hydrogen-bond acceptors (Lipinski definition) is 4. The van der Waals surface area contributed by atoms with Crippen LogP contribution >= 0.6 is 0 Å². The summed E-state index contributed by atoms with van der Waals surface area (Å²) in [6, 6.07) is 0. The van der Waals surface area contributed by atoms with Gasteiger partial charge in [0.2, 0.25) is 0 Å². The summed E-state index contributed by atoms with van der Waals surface area (Å²) >= 11 is 0. The van der Waals surface area contributed by atoms with Gasteiger partial charge in [-0.3, -0.25) is 4.79 Å². The van der Waals surface area contributed by atoms with Gasteiger partial charge in [0.1, 0.15) is 6.10 Å². The van der Waals surface area contributed by atoms with Crippen molar-refractivity contribution in [3.05, 3.63) is 0 Å². The normalized spacial score (nSPS) is 46.2. The molecule has 0 N–H and O–H groups in total. The van der Waals surface area contributed by atoms with E-state index in [9.17, 15) is 4.79 Å². The van der Waals surface area contributed by atoms with Gasteiger partial charge in [-0.2, -0.15) is 0 Å². The summed E-state index contributed by atoms with van der Waals surface area (Å²) in [6.45, 7) is 4.22. The highest BCUT2D eigenvalue weighted by atomic mass is 16.8. The molecule has 2 saturated heterocycles. The Labute approximate surface area is 70.8 Å². The Morgan fingerprint density at radius 3 is 2.92 bits per heavy atom. The minimum atomic E-state index is -0.839. The van der Waals surface area contributed by atoms with E-state index in [0.29, 0.717) is 13.2 Å². The zero-order valence-electron chi connectivity index (χ0n) is 7.20. The molecule has 2 fully saturated rings. The van der Waals surface area contributed by atoms with Crippen LogP contribution in [0.25, 0.3) is 0 Å². The first kappa shape index (κ1) is 8.16. The van der Waals surface area contributed by atoms with E-state index in [-0.39, 0.29) is 11.9 Å². The predicted octanol–water partition coefficient (Wildman–Crippen LogP) is 0.106. The van der Waals surface area contributed by atoms with Crippen molar-refractivity contribution in [2.75, 3.05) is 13.2 Å². The second kappa shape index (κ2) is 2.52. The van der Waals surface area contributed by atoms with E-state index >= 15 is 0 Å². The van der Waals surface area contributed by atoms with E-state index in [4.69, 9.17) is 14.2 Å². The third-order valence-electron chi connectivity index (χ3n) is 2.25. The lowest BCUT2D eigenvalue weighted by Crippen LogP contribution is -2.51. The lowest BCUT2D eigenvalue weighted by molar-refractivity contribution is -0.256. The van der Waals surface area contributed by atoms with E-state index < -0.39 is 11.9 Å². The third kappa shape index (κ3) is 1.07. The third-order valence-corrected chi connectivity index (χ3v) is 2.25. The van der Waals surface area contributed by atoms with Crippen molar-refractivity contribution >= 4 is 5.78 Å². The molecule has 0 radical (unpaired) electrons. The monoisotopic (exact) mass is 172 g/mol. The summed E-state index contributed by atoms with van der Waals surface area (Å²) < 4.78 is 16.2. The minimum absolute atomic E-state index is 0.00519. The number of carbonyl (C=O) groups is 1. The van der Waals surface area contributed by atoms with Gasteiger partial charge in [-0.25, -0.2) is 0 Å². The number of ether oxygens (including phenoxy) is 3. The zero-order chi connectivity index (χ0) is 8.77. The van der Waals surface area contributed by atoms with Gasteiger partial charge in [0.25, 0.3) is 0 Å². The average Bonchev–Trinajstić information content (AvgIpc) is 2.27. The number of Topliss-reactive ketones (excluding diaryl/α,β-unsaturated/α-hetero) is 1. The van der Waals surface area contributed by atoms with Crippen LogP contribution in [-0.2, 0) is 19.0 Å². The molecule has 0 aromatic heterocycles. The Hall–Kier alpha value is -0.450. The fraction of sp³-hybridized carbons (Fsp3) is 0.875. The van der Waals surface area contributed by atoms with Gasteiger partial charge in [-0.15, -0.1) is 0 Å². The van der Waals surface area contributed by atoms with Crippen molar-refractivity contribution in [2.24, 2.45) is 0 Å². The molecule has 3 atom stereocenters. The van der Waals surface area contributed by atoms with Gasteiger partial charge < -0.3 is 14.2 Å². The average molecular weight is 172 g/mol. The minimum Gasteiger partial charge on any atom is -0.362 e. The summed E-state index contributed by atoms with van der Waals surface area (Å²) in [5.74, 6) is -0.882. The van der Waals surface area contributed by atoms with Crippen molar-refractivity contribution in [1.82, 2.24) is 0 Å². The molecule has 4 heteroatoms. The maximum Gasteiger partial charge on any atom is 0.199 e. The second-order valence-electron chi connectivity index (χ2n) is 3.39. The topological polar surface area (TPSA) is 44.8 Å². The summed E-state index contributed by atoms with van der Waals surface area (Å²) in [4.78, 5) is 11.1. The van der Waals surface area contributed by atoms with Crippen LogP contribution in [0.4, 0.5) is 0 Å². The van der Waals surface area contributed by atoms with Crippen LogP contribution in [0.15, 0.2) is 0 Å². The molecular weight excluding hydrogens is 160 g/mol. The van der Waals surface area contributed by atoms with Gasteiger partial charge >= 0.3 is 0 Å². The van der Waals surface area contributed by atoms with Crippen LogP contribution < -0.4 is 0 Å². The van der Waals surface area contributed by atoms with Crippen LogP contribution in [0, 0.1) is 0 Å². The highest BCUT2D eigenvalue weighted by Gasteiger charge is 2.51. The number of hydrogen-bond donors (Lipinski definition) is 0. The van der Waals surface area contributed by atoms with Crippen molar-refractivity contribution in [3.8, 4) is 0 Å². The molecule has 4 nitrogen and oxygen atoms in total. The Morgan fingerprint density at radius 2 is 2.25 bits per heavy atom. The Kier molecular flexibility index (Phi) is 1.71. The molecule has 2 rings (SSSR count). The number of ketones is 1. The van der Waals surface area contributed by atoms with Crippen molar-refractivity contribution in [1.29, 1.82) is 0 Å². The molecule has 2 bridgehead atoms. The smallest absolute Gasteiger partial charge is 0.199 e. The van der Waals surface area contributed by atoms with E-state index in [1.54, 1.807) is 6.92 Å². The summed E-state index contributed by atoms with van der Waals surface area (Å²) in [6.07, 6.45) is -0.554. The van der Waals surface area contributed by atoms with Crippen LogP contribution in [0.3, 0.4) is 0 Å². The lowest BCUT2D eigenvalue weighted by Gasteiger charge is -2.34. The number of carbonyl (C=O) groups excluding carboxylic acids is 1. The van der Waals surface area contributed by atoms with Crippen molar-refractivity contribution < 1.29 is 19.0 Å². The molecule has 0 aromatic rings. The predicted molar refractivity (Wildman–Crippen MR) is 39.7 cm³/mol. The van der Waals surface area contributed by atoms with Gasteiger partial charge in [0.05, 0.1) is 13.2 Å². The SMILES string of the molecule is CC(=O)C1OCC2COC1(C)O2. The van der Waals surface area contributed by atoms with Gasteiger partial charge in [0, 0.05) is 0 Å². The fourth-order valence-corrected chi connectivity index (χ4v) is 1.72. The lowest BCUT2D eigenvalue weighted by atomic mass is 10.1. The van der Waals surface area contributed by atoms with E-state index in [2.05, 4.69) is 0 Å². The molecule has 12 heavy (non-hydrogen) atoms. The Morgan fingerprint density at radius 1 is 1.50 bits per heavy atom. The van der Waals surface area contributed by atoms with Crippen molar-refractivity contribution in [2.45, 2.75) is 31.8 Å². The molecule has 3 unspecified atom stereocenters. The largest absolute Gasteiger partial charge is 0.362 e. The highest BCUT2D eigenvalue weighted by molar-refractivity contribution is 5.81. The van der Waals surface area contributed by atoms with Gasteiger partial charge in [0.15, 0.2) is 17.7 Å². The molecule has 0 aliphatic carbocycles. The highest BCUT2D eigenvalue weighted by Crippen LogP contribution is 2.33. The standard InChI is InChI=1S/C8H12O4/c1-5(9)7-8(2)11-4-6(12-8)3-10-7/h6-7H,3-4H2,1-2H3. The first-order valence-corrected chi connectivity index (χ1v) is 4.05. The second-order valence-corrected chi connectivity index (χ2v) is 3.39. The molecular formula is C8H12O4. The summed E-state index contributed by atoms with van der Waals surface area (Å²) in [5.41, 5.74) is 0. The first-order chi connectivity index (χ1) is 5.62. The first-order valence-electron chi connectivity index (χ1n) is 4.05. The van der Waals surface area contributed by atoms with Crippen LogP contribution in [0.2, 0.25) is 0 Å². The fourth-order valence-electron chi connectivity index (χ4n) is 1.72. The molecule has 0 spiro atoms. The van der Waals surface area contributed by atoms with Crippen LogP contribution in [-0.4, -0.2) is 37.0 Å². The van der Waals surface area contributed by atoms with Crippen molar-refractivity contribution in [3.63, 3.8) is 0 Å². The number of fused-ring (bicyclic) bond motifs is 2. The van der Waals surface area contributed by atoms with E-state index in [0.717, 1.165) is 0 Å². The quantitative estimate of drug-likeness (QED) is 0.563. The summed E-state index contributed by atoms with van der Waals surface area (Å²) in [7, 11) is 0. The zero-order valence-corrected chi connectivity index (χ0v) is 7.20.